The SMILES string of the molecule is Cc1oc(-c2cccs2)nc1CC(=O)OCC(=O)Nc1ccnn1Cc1ccccc1Cl. The molecule has 0 atom stereocenters. The second kappa shape index (κ2) is 9.80. The average Bonchev–Trinajstić information content (AvgIpc) is 3.51. The van der Waals surface area contributed by atoms with Gasteiger partial charge in [0.1, 0.15) is 11.6 Å². The zero-order valence-electron chi connectivity index (χ0n) is 17.1. The fourth-order valence-electron chi connectivity index (χ4n) is 2.96. The molecule has 0 fully saturated rings. The predicted octanol–water partition coefficient (Wildman–Crippen LogP) is 4.33. The van der Waals surface area contributed by atoms with Crippen LogP contribution in [0.15, 0.2) is 58.5 Å². The Kier molecular flexibility index (Phi) is 6.67. The Balaban J connectivity index is 1.30. The number of ether oxygens (including phenoxy) is 1. The van der Waals surface area contributed by atoms with Crippen LogP contribution >= 0.6 is 22.9 Å². The van der Waals surface area contributed by atoms with E-state index in [0.29, 0.717) is 34.7 Å². The van der Waals surface area contributed by atoms with E-state index in [1.54, 1.807) is 29.9 Å². The number of carbonyl (C=O) groups is 2. The van der Waals surface area contributed by atoms with Crippen LogP contribution in [0.3, 0.4) is 0 Å². The number of carbonyl (C=O) groups excluding carboxylic acids is 2. The number of aryl methyl sites for hydroxylation is 1. The van der Waals surface area contributed by atoms with E-state index in [2.05, 4.69) is 15.4 Å². The van der Waals surface area contributed by atoms with Gasteiger partial charge in [-0.2, -0.15) is 5.10 Å². The Morgan fingerprint density at radius 1 is 1.22 bits per heavy atom. The molecule has 3 heterocycles. The summed E-state index contributed by atoms with van der Waals surface area (Å²) < 4.78 is 12.3. The summed E-state index contributed by atoms with van der Waals surface area (Å²) in [6.07, 6.45) is 1.48. The predicted molar refractivity (Wildman–Crippen MR) is 121 cm³/mol. The fourth-order valence-corrected chi connectivity index (χ4v) is 3.81. The third kappa shape index (κ3) is 5.24. The van der Waals surface area contributed by atoms with Crippen molar-refractivity contribution in [1.82, 2.24) is 14.8 Å². The first-order valence-corrected chi connectivity index (χ1v) is 11.0. The monoisotopic (exact) mass is 470 g/mol. The Morgan fingerprint density at radius 3 is 2.84 bits per heavy atom. The van der Waals surface area contributed by atoms with Crippen LogP contribution in [0.4, 0.5) is 5.82 Å². The minimum absolute atomic E-state index is 0.0849. The van der Waals surface area contributed by atoms with Crippen molar-refractivity contribution in [1.29, 1.82) is 0 Å². The second-order valence-electron chi connectivity index (χ2n) is 6.85. The molecule has 0 aliphatic rings. The molecule has 4 rings (SSSR count). The lowest BCUT2D eigenvalue weighted by atomic mass is 10.2. The van der Waals surface area contributed by atoms with E-state index in [1.165, 1.54) is 11.3 Å². The van der Waals surface area contributed by atoms with E-state index in [9.17, 15) is 9.59 Å². The minimum Gasteiger partial charge on any atom is -0.455 e. The molecule has 164 valence electrons. The van der Waals surface area contributed by atoms with Crippen molar-refractivity contribution < 1.29 is 18.7 Å². The first-order chi connectivity index (χ1) is 15.5. The van der Waals surface area contributed by atoms with Gasteiger partial charge >= 0.3 is 5.97 Å². The van der Waals surface area contributed by atoms with Gasteiger partial charge in [-0.1, -0.05) is 35.9 Å². The van der Waals surface area contributed by atoms with Gasteiger partial charge < -0.3 is 14.5 Å². The topological polar surface area (TPSA) is 99.2 Å². The van der Waals surface area contributed by atoms with E-state index in [1.807, 2.05) is 35.7 Å². The Hall–Kier alpha value is -3.43. The Labute approximate surface area is 192 Å². The number of rotatable bonds is 8. The third-order valence-electron chi connectivity index (χ3n) is 4.56. The van der Waals surface area contributed by atoms with Crippen molar-refractivity contribution >= 4 is 40.6 Å². The molecule has 1 N–H and O–H groups in total. The fraction of sp³-hybridized carbons (Fsp3) is 0.182. The highest BCUT2D eigenvalue weighted by Crippen LogP contribution is 2.26. The molecule has 0 aliphatic carbocycles. The lowest BCUT2D eigenvalue weighted by molar-refractivity contribution is -0.146. The number of esters is 1. The van der Waals surface area contributed by atoms with Gasteiger partial charge in [0.15, 0.2) is 6.61 Å². The average molecular weight is 471 g/mol. The van der Waals surface area contributed by atoms with Crippen LogP contribution in [-0.2, 0) is 27.3 Å². The minimum atomic E-state index is -0.571. The van der Waals surface area contributed by atoms with E-state index in [4.69, 9.17) is 20.8 Å². The first-order valence-electron chi connectivity index (χ1n) is 9.70. The van der Waals surface area contributed by atoms with E-state index in [-0.39, 0.29) is 6.42 Å². The van der Waals surface area contributed by atoms with Crippen LogP contribution in [0.5, 0.6) is 0 Å². The lowest BCUT2D eigenvalue weighted by Crippen LogP contribution is -2.23. The largest absolute Gasteiger partial charge is 0.455 e. The molecule has 0 radical (unpaired) electrons. The van der Waals surface area contributed by atoms with Crippen molar-refractivity contribution in [2.45, 2.75) is 19.9 Å². The summed E-state index contributed by atoms with van der Waals surface area (Å²) in [6.45, 7) is 1.70. The number of benzene rings is 1. The maximum atomic E-state index is 12.3. The Morgan fingerprint density at radius 2 is 2.06 bits per heavy atom. The zero-order chi connectivity index (χ0) is 22.5. The maximum Gasteiger partial charge on any atom is 0.312 e. The van der Waals surface area contributed by atoms with Gasteiger partial charge in [-0.25, -0.2) is 9.67 Å². The third-order valence-corrected chi connectivity index (χ3v) is 5.79. The molecule has 1 aromatic carbocycles. The van der Waals surface area contributed by atoms with Crippen molar-refractivity contribution in [2.24, 2.45) is 0 Å². The summed E-state index contributed by atoms with van der Waals surface area (Å²) >= 11 is 7.69. The van der Waals surface area contributed by atoms with Gasteiger partial charge in [-0.15, -0.1) is 11.3 Å². The summed E-state index contributed by atoms with van der Waals surface area (Å²) in [7, 11) is 0. The van der Waals surface area contributed by atoms with Crippen molar-refractivity contribution in [3.05, 3.63) is 76.1 Å². The van der Waals surface area contributed by atoms with Crippen LogP contribution in [-0.4, -0.2) is 33.2 Å². The molecule has 8 nitrogen and oxygen atoms in total. The number of hydrogen-bond acceptors (Lipinski definition) is 7. The molecule has 1 amide bonds. The molecular weight excluding hydrogens is 452 g/mol. The number of aromatic nitrogens is 3. The van der Waals surface area contributed by atoms with E-state index < -0.39 is 18.5 Å². The molecule has 0 unspecified atom stereocenters. The van der Waals surface area contributed by atoms with Crippen LogP contribution < -0.4 is 5.32 Å². The number of oxazole rings is 1. The zero-order valence-corrected chi connectivity index (χ0v) is 18.7. The van der Waals surface area contributed by atoms with Crippen LogP contribution in [0, 0.1) is 6.92 Å². The van der Waals surface area contributed by atoms with Gasteiger partial charge in [-0.05, 0) is 30.0 Å². The maximum absolute atomic E-state index is 12.3. The molecule has 0 bridgehead atoms. The Bertz CT molecular complexity index is 1230. The normalized spacial score (nSPS) is 10.8. The quantitative estimate of drug-likeness (QED) is 0.385. The number of amides is 1. The number of nitrogens with zero attached hydrogens (tertiary/aromatic N) is 3. The molecule has 10 heteroatoms. The van der Waals surface area contributed by atoms with Crippen molar-refractivity contribution in [2.75, 3.05) is 11.9 Å². The van der Waals surface area contributed by atoms with Gasteiger partial charge in [0.25, 0.3) is 5.91 Å². The lowest BCUT2D eigenvalue weighted by Gasteiger charge is -2.10. The van der Waals surface area contributed by atoms with Crippen LogP contribution in [0.2, 0.25) is 5.02 Å². The number of nitrogens with one attached hydrogen (secondary N) is 1. The number of halogens is 1. The van der Waals surface area contributed by atoms with Crippen molar-refractivity contribution in [3.8, 4) is 10.8 Å². The summed E-state index contributed by atoms with van der Waals surface area (Å²) in [6, 6.07) is 12.8. The van der Waals surface area contributed by atoms with Crippen LogP contribution in [0.25, 0.3) is 10.8 Å². The molecule has 0 saturated carbocycles. The summed E-state index contributed by atoms with van der Waals surface area (Å²) in [5.41, 5.74) is 1.35. The molecular formula is C22H19ClN4O4S. The number of anilines is 1. The number of thiophene rings is 1. The molecule has 0 saturated heterocycles. The molecule has 32 heavy (non-hydrogen) atoms. The molecule has 0 aliphatic heterocycles. The summed E-state index contributed by atoms with van der Waals surface area (Å²) in [4.78, 5) is 29.7. The van der Waals surface area contributed by atoms with Crippen molar-refractivity contribution in [3.63, 3.8) is 0 Å². The standard InChI is InChI=1S/C22H19ClN4O4S/c1-14-17(25-22(31-14)18-7-4-10-32-18)11-21(29)30-13-20(28)26-19-8-9-24-27(19)12-15-5-2-3-6-16(15)23/h2-10H,11-13H2,1H3,(H,26,28). The van der Waals surface area contributed by atoms with Gasteiger partial charge in [-0.3, -0.25) is 9.59 Å². The second-order valence-corrected chi connectivity index (χ2v) is 8.21. The highest BCUT2D eigenvalue weighted by atomic mass is 35.5. The molecule has 3 aromatic heterocycles. The van der Waals surface area contributed by atoms with Gasteiger partial charge in [0.05, 0.1) is 29.7 Å². The first kappa shape index (κ1) is 21.8. The van der Waals surface area contributed by atoms with Gasteiger partial charge in [0.2, 0.25) is 5.89 Å². The van der Waals surface area contributed by atoms with E-state index >= 15 is 0 Å². The molecule has 4 aromatic rings. The molecule has 0 spiro atoms. The highest BCUT2D eigenvalue weighted by molar-refractivity contribution is 7.13. The van der Waals surface area contributed by atoms with Gasteiger partial charge in [0, 0.05) is 11.1 Å². The summed E-state index contributed by atoms with van der Waals surface area (Å²) in [5, 5.41) is 9.43. The van der Waals surface area contributed by atoms with E-state index in [0.717, 1.165) is 10.4 Å². The highest BCUT2D eigenvalue weighted by Gasteiger charge is 2.17. The smallest absolute Gasteiger partial charge is 0.312 e. The summed E-state index contributed by atoms with van der Waals surface area (Å²) in [5.74, 6) is 0.427. The number of hydrogen-bond donors (Lipinski definition) is 1. The van der Waals surface area contributed by atoms with Crippen LogP contribution in [0.1, 0.15) is 17.0 Å².